The number of aromatic nitrogens is 1. The number of aryl methyl sites for hydroxylation is 1. The molecule has 0 saturated carbocycles. The summed E-state index contributed by atoms with van der Waals surface area (Å²) in [7, 11) is 0. The van der Waals surface area contributed by atoms with E-state index in [4.69, 9.17) is 11.6 Å². The fraction of sp³-hybridized carbons (Fsp3) is 0.100. The summed E-state index contributed by atoms with van der Waals surface area (Å²) in [6.45, 7) is 1.72. The molecule has 72 valence electrons. The van der Waals surface area contributed by atoms with Crippen LogP contribution < -0.4 is 5.43 Å². The molecule has 1 aromatic carbocycles. The number of benzene rings is 1. The highest BCUT2D eigenvalue weighted by Crippen LogP contribution is 2.21. The first-order valence-electron chi connectivity index (χ1n) is 4.07. The van der Waals surface area contributed by atoms with E-state index in [0.29, 0.717) is 16.2 Å². The molecular formula is C10H7ClFNO. The molecule has 0 unspecified atom stereocenters. The Morgan fingerprint density at radius 2 is 2.14 bits per heavy atom. The maximum atomic E-state index is 13.3. The number of pyridine rings is 1. The van der Waals surface area contributed by atoms with E-state index >= 15 is 0 Å². The van der Waals surface area contributed by atoms with E-state index in [1.165, 1.54) is 18.2 Å². The van der Waals surface area contributed by atoms with Gasteiger partial charge in [-0.25, -0.2) is 4.39 Å². The van der Waals surface area contributed by atoms with Crippen molar-refractivity contribution in [1.82, 2.24) is 4.98 Å². The minimum absolute atomic E-state index is 0.0168. The van der Waals surface area contributed by atoms with Gasteiger partial charge in [-0.1, -0.05) is 11.6 Å². The molecule has 1 heterocycles. The lowest BCUT2D eigenvalue weighted by molar-refractivity contribution is 0.639. The molecule has 4 heteroatoms. The lowest BCUT2D eigenvalue weighted by atomic mass is 10.2. The van der Waals surface area contributed by atoms with Crippen LogP contribution in [0, 0.1) is 12.7 Å². The Morgan fingerprint density at radius 1 is 1.43 bits per heavy atom. The summed E-state index contributed by atoms with van der Waals surface area (Å²) < 4.78 is 13.3. The summed E-state index contributed by atoms with van der Waals surface area (Å²) in [4.78, 5) is 14.3. The van der Waals surface area contributed by atoms with Crippen molar-refractivity contribution < 1.29 is 4.39 Å². The molecule has 0 aliphatic carbocycles. The Balaban J connectivity index is 3.08. The second kappa shape index (κ2) is 3.10. The lowest BCUT2D eigenvalue weighted by Crippen LogP contribution is -2.05. The molecule has 0 spiro atoms. The van der Waals surface area contributed by atoms with Crippen LogP contribution in [0.4, 0.5) is 4.39 Å². The summed E-state index contributed by atoms with van der Waals surface area (Å²) in [5.41, 5.74) is 0.669. The number of aromatic amines is 1. The van der Waals surface area contributed by atoms with E-state index in [-0.39, 0.29) is 10.8 Å². The number of H-pyrrole nitrogens is 1. The van der Waals surface area contributed by atoms with E-state index in [0.717, 1.165) is 0 Å². The number of nitrogens with one attached hydrogen (secondary N) is 1. The molecule has 0 saturated heterocycles. The second-order valence-corrected chi connectivity index (χ2v) is 3.50. The van der Waals surface area contributed by atoms with Crippen LogP contribution in [-0.2, 0) is 0 Å². The van der Waals surface area contributed by atoms with Crippen LogP contribution >= 0.6 is 11.6 Å². The molecule has 0 fully saturated rings. The highest BCUT2D eigenvalue weighted by molar-refractivity contribution is 6.35. The molecule has 2 rings (SSSR count). The monoisotopic (exact) mass is 211 g/mol. The Morgan fingerprint density at radius 3 is 2.86 bits per heavy atom. The van der Waals surface area contributed by atoms with Crippen molar-refractivity contribution >= 4 is 22.5 Å². The zero-order valence-electron chi connectivity index (χ0n) is 7.40. The largest absolute Gasteiger partial charge is 0.357 e. The van der Waals surface area contributed by atoms with Crippen LogP contribution in [0.25, 0.3) is 10.9 Å². The van der Waals surface area contributed by atoms with E-state index in [1.54, 1.807) is 6.92 Å². The van der Waals surface area contributed by atoms with Gasteiger partial charge in [-0.3, -0.25) is 4.79 Å². The molecule has 0 aliphatic heterocycles. The predicted molar refractivity (Wildman–Crippen MR) is 54.3 cm³/mol. The van der Waals surface area contributed by atoms with Gasteiger partial charge < -0.3 is 4.98 Å². The summed E-state index contributed by atoms with van der Waals surface area (Å²) in [6, 6.07) is 3.96. The van der Waals surface area contributed by atoms with E-state index < -0.39 is 5.82 Å². The standard InChI is InChI=1S/C10H7ClFNO/c1-5-4-8(14)9-7(12)3-2-6(11)10(9)13-5/h2-4H,1H3,(H,13,14). The normalized spacial score (nSPS) is 10.8. The first-order valence-corrected chi connectivity index (χ1v) is 4.45. The van der Waals surface area contributed by atoms with Crippen molar-refractivity contribution in [2.45, 2.75) is 6.92 Å². The van der Waals surface area contributed by atoms with Crippen molar-refractivity contribution in [1.29, 1.82) is 0 Å². The van der Waals surface area contributed by atoms with Crippen molar-refractivity contribution in [3.05, 3.63) is 45.0 Å². The molecule has 0 atom stereocenters. The minimum atomic E-state index is -0.550. The van der Waals surface area contributed by atoms with Crippen molar-refractivity contribution in [3.63, 3.8) is 0 Å². The van der Waals surface area contributed by atoms with Gasteiger partial charge in [-0.05, 0) is 19.1 Å². The zero-order valence-corrected chi connectivity index (χ0v) is 8.15. The van der Waals surface area contributed by atoms with Crippen LogP contribution in [-0.4, -0.2) is 4.98 Å². The number of hydrogen-bond donors (Lipinski definition) is 1. The van der Waals surface area contributed by atoms with Gasteiger partial charge >= 0.3 is 0 Å². The highest BCUT2D eigenvalue weighted by Gasteiger charge is 2.08. The van der Waals surface area contributed by atoms with Gasteiger partial charge in [0.1, 0.15) is 5.82 Å². The number of hydrogen-bond acceptors (Lipinski definition) is 1. The van der Waals surface area contributed by atoms with Crippen LogP contribution in [0.5, 0.6) is 0 Å². The molecule has 2 nitrogen and oxygen atoms in total. The third kappa shape index (κ3) is 1.30. The molecule has 1 aromatic heterocycles. The average molecular weight is 212 g/mol. The fourth-order valence-corrected chi connectivity index (χ4v) is 1.62. The lowest BCUT2D eigenvalue weighted by Gasteiger charge is -2.02. The van der Waals surface area contributed by atoms with Gasteiger partial charge in [0.15, 0.2) is 5.43 Å². The summed E-state index contributed by atoms with van der Waals surface area (Å²) in [6.07, 6.45) is 0. The smallest absolute Gasteiger partial charge is 0.192 e. The van der Waals surface area contributed by atoms with E-state index in [2.05, 4.69) is 4.98 Å². The zero-order chi connectivity index (χ0) is 10.3. The summed E-state index contributed by atoms with van der Waals surface area (Å²) in [5, 5.41) is 0.366. The maximum Gasteiger partial charge on any atom is 0.192 e. The first kappa shape index (κ1) is 9.21. The molecule has 1 N–H and O–H groups in total. The highest BCUT2D eigenvalue weighted by atomic mass is 35.5. The quantitative estimate of drug-likeness (QED) is 0.714. The van der Waals surface area contributed by atoms with Gasteiger partial charge in [-0.15, -0.1) is 0 Å². The van der Waals surface area contributed by atoms with Crippen molar-refractivity contribution in [3.8, 4) is 0 Å². The first-order chi connectivity index (χ1) is 6.59. The molecule has 0 aliphatic rings. The van der Waals surface area contributed by atoms with E-state index in [9.17, 15) is 9.18 Å². The number of fused-ring (bicyclic) bond motifs is 1. The summed E-state index contributed by atoms with van der Waals surface area (Å²) >= 11 is 5.84. The Hall–Kier alpha value is -1.35. The van der Waals surface area contributed by atoms with Crippen LogP contribution in [0.1, 0.15) is 5.69 Å². The second-order valence-electron chi connectivity index (χ2n) is 3.10. The third-order valence-corrected chi connectivity index (χ3v) is 2.33. The van der Waals surface area contributed by atoms with Crippen molar-refractivity contribution in [2.75, 3.05) is 0 Å². The molecular weight excluding hydrogens is 205 g/mol. The van der Waals surface area contributed by atoms with Crippen LogP contribution in [0.2, 0.25) is 5.02 Å². The molecule has 14 heavy (non-hydrogen) atoms. The Labute approximate surface area is 84.3 Å². The number of halogens is 2. The Kier molecular flexibility index (Phi) is 2.04. The number of rotatable bonds is 0. The minimum Gasteiger partial charge on any atom is -0.357 e. The fourth-order valence-electron chi connectivity index (χ4n) is 1.42. The summed E-state index contributed by atoms with van der Waals surface area (Å²) in [5.74, 6) is -0.550. The van der Waals surface area contributed by atoms with Gasteiger partial charge in [0, 0.05) is 11.8 Å². The molecule has 0 radical (unpaired) electrons. The van der Waals surface area contributed by atoms with E-state index in [1.807, 2.05) is 0 Å². The average Bonchev–Trinajstić information content (AvgIpc) is 2.10. The molecule has 2 aromatic rings. The molecule has 0 bridgehead atoms. The predicted octanol–water partition coefficient (Wildman–Crippen LogP) is 2.63. The van der Waals surface area contributed by atoms with Crippen molar-refractivity contribution in [2.24, 2.45) is 0 Å². The van der Waals surface area contributed by atoms with Gasteiger partial charge in [0.25, 0.3) is 0 Å². The topological polar surface area (TPSA) is 32.9 Å². The van der Waals surface area contributed by atoms with Gasteiger partial charge in [0.05, 0.1) is 15.9 Å². The van der Waals surface area contributed by atoms with Crippen LogP contribution in [0.3, 0.4) is 0 Å². The Bertz CT molecular complexity index is 562. The SMILES string of the molecule is Cc1cc(=O)c2c(F)ccc(Cl)c2[nH]1. The molecule has 0 amide bonds. The van der Waals surface area contributed by atoms with Crippen LogP contribution in [0.15, 0.2) is 23.0 Å². The maximum absolute atomic E-state index is 13.3. The van der Waals surface area contributed by atoms with Gasteiger partial charge in [0.2, 0.25) is 0 Å². The van der Waals surface area contributed by atoms with Gasteiger partial charge in [-0.2, -0.15) is 0 Å². The third-order valence-electron chi connectivity index (χ3n) is 2.02.